The molecule has 0 atom stereocenters. The van der Waals surface area contributed by atoms with Crippen LogP contribution in [0, 0.1) is 0 Å². The van der Waals surface area contributed by atoms with Gasteiger partial charge in [0, 0.05) is 158 Å². The molecule has 0 bridgehead atoms. The summed E-state index contributed by atoms with van der Waals surface area (Å²) < 4.78 is 0. The fraction of sp³-hybridized carbons (Fsp3) is 0.917. The highest BCUT2D eigenvalue weighted by atomic mass is 15.4. The third kappa shape index (κ3) is 40.4. The molecule has 5 fully saturated rings. The number of hydrogen-bond donors (Lipinski definition) is 5. The van der Waals surface area contributed by atoms with E-state index < -0.39 is 0 Å². The molecule has 0 aromatic carbocycles. The van der Waals surface area contributed by atoms with E-state index in [1.807, 2.05) is 0 Å². The maximum atomic E-state index is 5.57. The van der Waals surface area contributed by atoms with Crippen LogP contribution in [0.1, 0.15) is 470 Å². The van der Waals surface area contributed by atoms with Gasteiger partial charge in [-0.15, -0.1) is 0 Å². The lowest BCUT2D eigenvalue weighted by atomic mass is 9.79. The largest absolute Gasteiger partial charge is 0.341 e. The van der Waals surface area contributed by atoms with Crippen LogP contribution in [-0.4, -0.2) is 226 Å². The van der Waals surface area contributed by atoms with E-state index >= 15 is 0 Å². The van der Waals surface area contributed by atoms with E-state index in [0.29, 0.717) is 30.2 Å². The fourth-order valence-corrected chi connectivity index (χ4v) is 23.0. The van der Waals surface area contributed by atoms with Crippen LogP contribution in [0.3, 0.4) is 0 Å². The normalized spacial score (nSPS) is 19.8. The van der Waals surface area contributed by atoms with Crippen molar-refractivity contribution in [1.29, 1.82) is 0 Å². The van der Waals surface area contributed by atoms with Crippen molar-refractivity contribution >= 4 is 41.6 Å². The van der Waals surface area contributed by atoms with Crippen LogP contribution in [0.15, 0.2) is 0 Å². The molecular weight excluding hydrogens is 1620 g/mol. The number of hydrogen-bond acceptors (Lipinski definition) is 23. The van der Waals surface area contributed by atoms with E-state index in [9.17, 15) is 0 Å². The van der Waals surface area contributed by atoms with E-state index in [4.69, 9.17) is 44.9 Å². The number of anilines is 7. The minimum Gasteiger partial charge on any atom is -0.341 e. The zero-order chi connectivity index (χ0) is 97.2. The number of aromatic nitrogens is 9. The number of unbranched alkanes of at least 4 members (excludes halogenated alkanes) is 17. The van der Waals surface area contributed by atoms with Crippen molar-refractivity contribution in [3.63, 3.8) is 0 Å². The molecule has 0 spiro atoms. The van der Waals surface area contributed by atoms with Gasteiger partial charge in [0.2, 0.25) is 41.6 Å². The Morgan fingerprint density at radius 2 is 0.359 bits per heavy atom. The molecule has 0 unspecified atom stereocenters. The highest BCUT2D eigenvalue weighted by Crippen LogP contribution is 2.41. The van der Waals surface area contributed by atoms with Crippen molar-refractivity contribution in [1.82, 2.24) is 81.2 Å². The molecule has 0 radical (unpaired) electrons. The molecule has 0 amide bonds. The van der Waals surface area contributed by atoms with Gasteiger partial charge < -0.3 is 60.9 Å². The van der Waals surface area contributed by atoms with Gasteiger partial charge in [0.25, 0.3) is 0 Å². The molecule has 5 saturated heterocycles. The molecule has 8 heterocycles. The molecule has 23 nitrogen and oxygen atoms in total. The van der Waals surface area contributed by atoms with E-state index in [1.165, 1.54) is 109 Å². The summed E-state index contributed by atoms with van der Waals surface area (Å²) in [7, 11) is 4.55. The lowest BCUT2D eigenvalue weighted by molar-refractivity contribution is 0.0760. The summed E-state index contributed by atoms with van der Waals surface area (Å²) in [5.74, 6) is 8.02. The van der Waals surface area contributed by atoms with Crippen molar-refractivity contribution in [2.75, 3.05) is 120 Å². The van der Waals surface area contributed by atoms with Crippen LogP contribution in [-0.2, 0) is 13.1 Å². The summed E-state index contributed by atoms with van der Waals surface area (Å²) in [6.07, 6.45) is 44.5. The van der Waals surface area contributed by atoms with Gasteiger partial charge in [0.05, 0.1) is 13.1 Å². The first-order chi connectivity index (χ1) is 61.6. The van der Waals surface area contributed by atoms with E-state index in [1.54, 1.807) is 0 Å². The first kappa shape index (κ1) is 115. The fourth-order valence-electron chi connectivity index (χ4n) is 23.0. The van der Waals surface area contributed by atoms with Crippen LogP contribution in [0.5, 0.6) is 0 Å². The number of rotatable bonds is 55. The molecule has 3 aromatic rings. The van der Waals surface area contributed by atoms with Crippen molar-refractivity contribution in [2.45, 2.75) is 557 Å². The third-order valence-electron chi connectivity index (χ3n) is 28.0. The maximum absolute atomic E-state index is 5.57. The highest BCUT2D eigenvalue weighted by molar-refractivity contribution is 5.49. The zero-order valence-corrected chi connectivity index (χ0v) is 92.0. The first-order valence-corrected chi connectivity index (χ1v) is 54.5. The SMILES string of the molecule is CCCCCCCN(c1nc(CN(C)C2CC(C)(C)NC(C)(C)C2)nc(N(CCCC)C2CC(C)(C)NC(C)(C)C2)n1)C1CC(C)(C)NC(C)(C)C1.CCCCCCCN(c1nc(N(CCCC)CCCC)nc(N(CCCC)CCCC)n1)C1CC(C)(C)NC(C)(C)C1.CCCCN(CCCC)c1nc(CN(C)C2CC(C)(C)NC(C)(C)C2)nc(N(CCCC)CCCC)n1. The van der Waals surface area contributed by atoms with E-state index in [-0.39, 0.29) is 55.4 Å². The zero-order valence-electron chi connectivity index (χ0n) is 92.0. The summed E-state index contributed by atoms with van der Waals surface area (Å²) in [5, 5.41) is 19.5. The predicted octanol–water partition coefficient (Wildman–Crippen LogP) is 23.8. The Bertz CT molecular complexity index is 3460. The van der Waals surface area contributed by atoms with Gasteiger partial charge in [-0.25, -0.2) is 0 Å². The summed E-state index contributed by atoms with van der Waals surface area (Å²) in [6.45, 7) is 84.6. The molecule has 758 valence electrons. The van der Waals surface area contributed by atoms with E-state index in [0.717, 1.165) is 273 Å². The smallest absolute Gasteiger partial charge is 0.232 e. The van der Waals surface area contributed by atoms with Crippen molar-refractivity contribution in [2.24, 2.45) is 0 Å². The standard InChI is InChI=1S/C43H83N9.C35H69N7.C30H59N7/c1-16-18-20-21-22-24-52(34-29-42(11,12)49-43(13,14)30-34)37-45-35(31-50(15)32-25-38(3,4)47-39(5,6)26-32)44-36(46-37)51(23-19-17-2)33-27-40(7,8)48-41(9,10)28-33;1-10-15-20-21-22-27-42(30-28-34(6,7)39-35(8,9)29-30)33-37-31(40(23-16-11-2)24-17-12-3)36-32(38-33)41(25-18-13-4)26-19-14-5;1-10-14-18-36(19-15-11-2)27-31-26(32-28(33-27)37(20-16-12-3)21-17-13-4)24-35(9)25-22-29(5,6)34-30(7,8)23-25/h32-34,47-49H,16-31H2,1-15H3;30,39H,10-29H2,1-9H3;25,34H,10-24H2,1-9H3. The monoisotopic (exact) mass is 1830 g/mol. The number of nitrogens with one attached hydrogen (secondary N) is 5. The highest BCUT2D eigenvalue weighted by Gasteiger charge is 2.47. The lowest BCUT2D eigenvalue weighted by Gasteiger charge is -2.50. The second-order valence-corrected chi connectivity index (χ2v) is 48.1. The minimum atomic E-state index is 0.0276. The number of nitrogens with zero attached hydrogens (tertiary/aromatic N) is 18. The maximum Gasteiger partial charge on any atom is 0.232 e. The van der Waals surface area contributed by atoms with E-state index in [2.05, 4.69) is 299 Å². The Labute approximate surface area is 807 Å². The molecule has 23 heteroatoms. The van der Waals surface area contributed by atoms with Crippen LogP contribution in [0.4, 0.5) is 41.6 Å². The van der Waals surface area contributed by atoms with Gasteiger partial charge in [-0.3, -0.25) is 9.80 Å². The number of piperidine rings is 5. The van der Waals surface area contributed by atoms with Gasteiger partial charge in [0.1, 0.15) is 11.6 Å². The quantitative estimate of drug-likeness (QED) is 0.0333. The molecule has 8 rings (SSSR count). The first-order valence-electron chi connectivity index (χ1n) is 54.5. The average molecular weight is 1830 g/mol. The minimum absolute atomic E-state index is 0.0276. The second kappa shape index (κ2) is 54.1. The van der Waals surface area contributed by atoms with Crippen LogP contribution in [0.2, 0.25) is 0 Å². The molecular formula is C108H211N23. The second-order valence-electron chi connectivity index (χ2n) is 48.1. The van der Waals surface area contributed by atoms with Gasteiger partial charge in [-0.2, -0.15) is 44.9 Å². The van der Waals surface area contributed by atoms with Crippen LogP contribution in [0.25, 0.3) is 0 Å². The molecule has 0 saturated carbocycles. The van der Waals surface area contributed by atoms with Gasteiger partial charge in [-0.1, -0.05) is 185 Å². The topological polar surface area (TPSA) is 205 Å². The van der Waals surface area contributed by atoms with Crippen LogP contribution >= 0.6 is 0 Å². The lowest BCUT2D eigenvalue weighted by Crippen LogP contribution is -2.63. The van der Waals surface area contributed by atoms with Crippen molar-refractivity contribution in [3.05, 3.63) is 11.6 Å². The summed E-state index contributed by atoms with van der Waals surface area (Å²) in [5.41, 5.74) is 0.620. The summed E-state index contributed by atoms with van der Waals surface area (Å²) in [4.78, 5) is 70.3. The molecule has 5 aliphatic heterocycles. The van der Waals surface area contributed by atoms with Crippen molar-refractivity contribution in [3.8, 4) is 0 Å². The Morgan fingerprint density at radius 1 is 0.198 bits per heavy atom. The molecule has 5 N–H and O–H groups in total. The Hall–Kier alpha value is -4.65. The van der Waals surface area contributed by atoms with Gasteiger partial charge in [0.15, 0.2) is 0 Å². The summed E-state index contributed by atoms with van der Waals surface area (Å²) >= 11 is 0. The predicted molar refractivity (Wildman–Crippen MR) is 567 cm³/mol. The molecule has 0 aliphatic carbocycles. The Kier molecular flexibility index (Phi) is 47.5. The third-order valence-corrected chi connectivity index (χ3v) is 28.0. The molecule has 3 aromatic heterocycles. The Morgan fingerprint density at radius 3 is 0.580 bits per heavy atom. The van der Waals surface area contributed by atoms with Crippen molar-refractivity contribution < 1.29 is 0 Å². The molecule has 5 aliphatic rings. The van der Waals surface area contributed by atoms with Crippen LogP contribution < -0.4 is 60.9 Å². The summed E-state index contributed by atoms with van der Waals surface area (Å²) in [6, 6.07) is 2.03. The Balaban J connectivity index is 0.000000308. The molecule has 131 heavy (non-hydrogen) atoms. The van der Waals surface area contributed by atoms with Gasteiger partial charge >= 0.3 is 0 Å². The average Bonchev–Trinajstić information content (AvgIpc) is 0.786. The van der Waals surface area contributed by atoms with Gasteiger partial charge in [-0.05, 0) is 287 Å².